The van der Waals surface area contributed by atoms with Crippen molar-refractivity contribution in [1.82, 2.24) is 0 Å². The molecule has 0 aromatic heterocycles. The molecule has 0 radical (unpaired) electrons. The molecule has 2 saturated carbocycles. The molecule has 0 aliphatic heterocycles. The largest absolute Gasteiger partial charge is 0.335 e. The molecule has 32 heavy (non-hydrogen) atoms. The fourth-order valence-electron chi connectivity index (χ4n) is 6.20. The van der Waals surface area contributed by atoms with Crippen LogP contribution in [0.25, 0.3) is 0 Å². The maximum absolute atomic E-state index is 14.3. The van der Waals surface area contributed by atoms with Crippen molar-refractivity contribution in [2.24, 2.45) is 17.8 Å². The van der Waals surface area contributed by atoms with E-state index in [9.17, 15) is 17.6 Å². The van der Waals surface area contributed by atoms with Crippen LogP contribution in [0.4, 0.5) is 17.6 Å². The van der Waals surface area contributed by atoms with Gasteiger partial charge in [-0.05, 0) is 67.8 Å². The SMILES string of the molecule is CCCCC[C@H]1CC[C@H](C2CCC(c3ccc(C(F)(F)C(F)(F)CCC)cc3)CC2)CC1. The number of benzene rings is 1. The van der Waals surface area contributed by atoms with Gasteiger partial charge in [-0.15, -0.1) is 0 Å². The minimum absolute atomic E-state index is 0.0322. The summed E-state index contributed by atoms with van der Waals surface area (Å²) in [7, 11) is 0. The van der Waals surface area contributed by atoms with E-state index in [1.54, 1.807) is 12.1 Å². The maximum Gasteiger partial charge on any atom is 0.335 e. The van der Waals surface area contributed by atoms with Crippen LogP contribution in [0.15, 0.2) is 24.3 Å². The number of hydrogen-bond donors (Lipinski definition) is 0. The van der Waals surface area contributed by atoms with Crippen LogP contribution < -0.4 is 0 Å². The van der Waals surface area contributed by atoms with Crippen LogP contribution in [0, 0.1) is 17.8 Å². The summed E-state index contributed by atoms with van der Waals surface area (Å²) in [5, 5.41) is 0. The van der Waals surface area contributed by atoms with E-state index in [-0.39, 0.29) is 6.42 Å². The second kappa shape index (κ2) is 11.4. The fraction of sp³-hybridized carbons (Fsp3) is 0.786. The average molecular weight is 455 g/mol. The Kier molecular flexibility index (Phi) is 9.09. The number of unbranched alkanes of at least 4 members (excludes halogenated alkanes) is 2. The zero-order valence-electron chi connectivity index (χ0n) is 20.0. The van der Waals surface area contributed by atoms with Gasteiger partial charge in [0.1, 0.15) is 0 Å². The summed E-state index contributed by atoms with van der Waals surface area (Å²) in [5.41, 5.74) is 0.463. The quantitative estimate of drug-likeness (QED) is 0.244. The van der Waals surface area contributed by atoms with E-state index in [1.807, 2.05) is 0 Å². The van der Waals surface area contributed by atoms with Crippen LogP contribution in [0.1, 0.15) is 121 Å². The van der Waals surface area contributed by atoms with E-state index in [1.165, 1.54) is 83.3 Å². The van der Waals surface area contributed by atoms with Crippen molar-refractivity contribution in [1.29, 1.82) is 0 Å². The molecule has 0 unspecified atom stereocenters. The van der Waals surface area contributed by atoms with Crippen LogP contribution in [-0.2, 0) is 5.92 Å². The van der Waals surface area contributed by atoms with Crippen molar-refractivity contribution in [2.75, 3.05) is 0 Å². The molecule has 0 nitrogen and oxygen atoms in total. The third-order valence-corrected chi connectivity index (χ3v) is 8.31. The predicted molar refractivity (Wildman–Crippen MR) is 124 cm³/mol. The molecule has 0 amide bonds. The molecule has 2 aliphatic carbocycles. The summed E-state index contributed by atoms with van der Waals surface area (Å²) >= 11 is 0. The Labute approximate surface area is 192 Å². The summed E-state index contributed by atoms with van der Waals surface area (Å²) < 4.78 is 56.5. The van der Waals surface area contributed by atoms with E-state index in [2.05, 4.69) is 6.92 Å². The highest BCUT2D eigenvalue weighted by atomic mass is 19.3. The Hall–Kier alpha value is -1.06. The second-order valence-electron chi connectivity index (χ2n) is 10.5. The van der Waals surface area contributed by atoms with E-state index in [0.29, 0.717) is 5.92 Å². The van der Waals surface area contributed by atoms with Crippen LogP contribution in [0.5, 0.6) is 0 Å². The normalized spacial score (nSPS) is 27.4. The van der Waals surface area contributed by atoms with Crippen molar-refractivity contribution in [3.8, 4) is 0 Å². The first-order valence-corrected chi connectivity index (χ1v) is 13.1. The van der Waals surface area contributed by atoms with Gasteiger partial charge < -0.3 is 0 Å². The summed E-state index contributed by atoms with van der Waals surface area (Å²) in [6, 6.07) is 5.78. The average Bonchev–Trinajstić information content (AvgIpc) is 2.80. The first kappa shape index (κ1) is 25.6. The first-order valence-electron chi connectivity index (χ1n) is 13.1. The Morgan fingerprint density at radius 1 is 0.719 bits per heavy atom. The van der Waals surface area contributed by atoms with Gasteiger partial charge >= 0.3 is 11.8 Å². The molecule has 0 N–H and O–H groups in total. The lowest BCUT2D eigenvalue weighted by Gasteiger charge is -2.38. The molecule has 0 saturated heterocycles. The van der Waals surface area contributed by atoms with Gasteiger partial charge in [-0.25, -0.2) is 0 Å². The molecular formula is C28H42F4. The Morgan fingerprint density at radius 3 is 1.81 bits per heavy atom. The van der Waals surface area contributed by atoms with Gasteiger partial charge in [0.25, 0.3) is 0 Å². The predicted octanol–water partition coefficient (Wildman–Crippen LogP) is 9.87. The summed E-state index contributed by atoms with van der Waals surface area (Å²) in [6.07, 6.45) is 14.8. The van der Waals surface area contributed by atoms with Gasteiger partial charge in [-0.2, -0.15) is 17.6 Å². The van der Waals surface area contributed by atoms with Crippen molar-refractivity contribution >= 4 is 0 Å². The Balaban J connectivity index is 1.48. The topological polar surface area (TPSA) is 0 Å². The van der Waals surface area contributed by atoms with E-state index < -0.39 is 23.8 Å². The molecule has 0 atom stereocenters. The highest BCUT2D eigenvalue weighted by Gasteiger charge is 2.56. The van der Waals surface area contributed by atoms with Crippen LogP contribution in [-0.4, -0.2) is 5.92 Å². The van der Waals surface area contributed by atoms with Gasteiger partial charge in [-0.1, -0.05) is 83.1 Å². The van der Waals surface area contributed by atoms with Gasteiger partial charge in [0, 0.05) is 12.0 Å². The van der Waals surface area contributed by atoms with Crippen LogP contribution in [0.2, 0.25) is 0 Å². The zero-order valence-corrected chi connectivity index (χ0v) is 20.0. The smallest absolute Gasteiger partial charge is 0.199 e. The lowest BCUT2D eigenvalue weighted by atomic mass is 9.68. The number of alkyl halides is 4. The summed E-state index contributed by atoms with van der Waals surface area (Å²) in [6.45, 7) is 3.77. The fourth-order valence-corrected chi connectivity index (χ4v) is 6.20. The van der Waals surface area contributed by atoms with E-state index in [4.69, 9.17) is 0 Å². The highest BCUT2D eigenvalue weighted by Crippen LogP contribution is 2.47. The van der Waals surface area contributed by atoms with E-state index in [0.717, 1.165) is 36.2 Å². The molecule has 2 fully saturated rings. The molecule has 1 aromatic carbocycles. The minimum Gasteiger partial charge on any atom is -0.199 e. The molecule has 3 rings (SSSR count). The molecule has 2 aliphatic rings. The number of rotatable bonds is 10. The Morgan fingerprint density at radius 2 is 1.28 bits per heavy atom. The number of halogens is 4. The highest BCUT2D eigenvalue weighted by molar-refractivity contribution is 5.29. The molecular weight excluding hydrogens is 412 g/mol. The zero-order chi connectivity index (χ0) is 23.2. The summed E-state index contributed by atoms with van der Waals surface area (Å²) in [5.74, 6) is -5.14. The van der Waals surface area contributed by atoms with Crippen LogP contribution in [0.3, 0.4) is 0 Å². The third kappa shape index (κ3) is 6.08. The van der Waals surface area contributed by atoms with Crippen molar-refractivity contribution in [3.63, 3.8) is 0 Å². The second-order valence-corrected chi connectivity index (χ2v) is 10.5. The van der Waals surface area contributed by atoms with Gasteiger partial charge in [0.2, 0.25) is 0 Å². The molecule has 0 spiro atoms. The molecule has 4 heteroatoms. The molecule has 182 valence electrons. The lowest BCUT2D eigenvalue weighted by molar-refractivity contribution is -0.219. The first-order chi connectivity index (χ1) is 15.3. The van der Waals surface area contributed by atoms with E-state index >= 15 is 0 Å². The molecule has 1 aromatic rings. The van der Waals surface area contributed by atoms with Gasteiger partial charge in [-0.3, -0.25) is 0 Å². The molecule has 0 bridgehead atoms. The molecule has 0 heterocycles. The lowest BCUT2D eigenvalue weighted by Crippen LogP contribution is -2.37. The van der Waals surface area contributed by atoms with Crippen molar-refractivity contribution in [2.45, 2.75) is 122 Å². The van der Waals surface area contributed by atoms with Crippen molar-refractivity contribution < 1.29 is 17.6 Å². The standard InChI is InChI=1S/C28H42F4/c1-3-5-6-7-21-8-10-22(11-9-21)23-12-14-24(15-13-23)25-16-18-26(19-17-25)28(31,32)27(29,30)20-4-2/h16-19,21-24H,3-15,20H2,1-2H3/t21-,22-,23?,24?. The summed E-state index contributed by atoms with van der Waals surface area (Å²) in [4.78, 5) is 0. The number of hydrogen-bond acceptors (Lipinski definition) is 0. The third-order valence-electron chi connectivity index (χ3n) is 8.31. The van der Waals surface area contributed by atoms with Crippen LogP contribution >= 0.6 is 0 Å². The van der Waals surface area contributed by atoms with Crippen molar-refractivity contribution in [3.05, 3.63) is 35.4 Å². The van der Waals surface area contributed by atoms with Gasteiger partial charge in [0.05, 0.1) is 0 Å². The monoisotopic (exact) mass is 454 g/mol. The maximum atomic E-state index is 14.3. The van der Waals surface area contributed by atoms with Gasteiger partial charge in [0.15, 0.2) is 0 Å². The Bertz CT molecular complexity index is 665. The minimum atomic E-state index is -4.12.